The fourth-order valence-corrected chi connectivity index (χ4v) is 3.73. The minimum atomic E-state index is -0.518. The van der Waals surface area contributed by atoms with Crippen LogP contribution in [0.4, 0.5) is 4.79 Å². The maximum Gasteiger partial charge on any atom is 0.338 e. The number of aryl methyl sites for hydroxylation is 2. The molecule has 0 bridgehead atoms. The van der Waals surface area contributed by atoms with Crippen LogP contribution in [-0.4, -0.2) is 68.2 Å². The van der Waals surface area contributed by atoms with Crippen LogP contribution in [0.25, 0.3) is 0 Å². The highest BCUT2D eigenvalue weighted by molar-refractivity contribution is 5.95. The maximum atomic E-state index is 12.9. The van der Waals surface area contributed by atoms with Gasteiger partial charge in [0.05, 0.1) is 18.2 Å². The SMILES string of the molecule is CCOC(=O)C1=C(CN2CCN(C)CC2)NC(=O)NC1c1cc(C)ccc1C. The summed E-state index contributed by atoms with van der Waals surface area (Å²) >= 11 is 0. The molecule has 0 aromatic heterocycles. The van der Waals surface area contributed by atoms with E-state index in [1.54, 1.807) is 6.92 Å². The Bertz CT molecular complexity index is 782. The number of urea groups is 1. The Hall–Kier alpha value is -2.38. The number of ether oxygens (including phenoxy) is 1. The molecule has 3 rings (SSSR count). The average molecular weight is 386 g/mol. The van der Waals surface area contributed by atoms with E-state index in [2.05, 4.69) is 27.5 Å². The fourth-order valence-electron chi connectivity index (χ4n) is 3.73. The number of amides is 2. The van der Waals surface area contributed by atoms with E-state index in [1.807, 2.05) is 32.0 Å². The van der Waals surface area contributed by atoms with E-state index >= 15 is 0 Å². The second kappa shape index (κ2) is 8.75. The molecule has 0 saturated carbocycles. The van der Waals surface area contributed by atoms with Gasteiger partial charge < -0.3 is 20.3 Å². The molecule has 1 saturated heterocycles. The van der Waals surface area contributed by atoms with E-state index in [0.29, 0.717) is 17.8 Å². The van der Waals surface area contributed by atoms with E-state index in [-0.39, 0.29) is 18.6 Å². The number of hydrogen-bond acceptors (Lipinski definition) is 5. The number of esters is 1. The Balaban J connectivity index is 2.00. The molecule has 1 aromatic carbocycles. The molecule has 2 aliphatic rings. The Morgan fingerprint density at radius 1 is 1.21 bits per heavy atom. The number of likely N-dealkylation sites (N-methyl/N-ethyl adjacent to an activating group) is 1. The van der Waals surface area contributed by atoms with Crippen LogP contribution in [0, 0.1) is 13.8 Å². The zero-order valence-corrected chi connectivity index (χ0v) is 17.2. The molecule has 2 N–H and O–H groups in total. The molecule has 1 fully saturated rings. The Kier molecular flexibility index (Phi) is 6.36. The number of nitrogens with one attached hydrogen (secondary N) is 2. The molecule has 7 nitrogen and oxygen atoms in total. The van der Waals surface area contributed by atoms with Crippen LogP contribution in [0.15, 0.2) is 29.5 Å². The quantitative estimate of drug-likeness (QED) is 0.754. The van der Waals surface area contributed by atoms with Crippen molar-refractivity contribution in [3.63, 3.8) is 0 Å². The van der Waals surface area contributed by atoms with Crippen molar-refractivity contribution in [2.75, 3.05) is 46.4 Å². The molecule has 1 atom stereocenters. The minimum absolute atomic E-state index is 0.289. The van der Waals surface area contributed by atoms with Crippen LogP contribution in [0.2, 0.25) is 0 Å². The third kappa shape index (κ3) is 4.54. The molecule has 1 aromatic rings. The molecule has 152 valence electrons. The lowest BCUT2D eigenvalue weighted by atomic mass is 9.91. The summed E-state index contributed by atoms with van der Waals surface area (Å²) in [7, 11) is 2.10. The van der Waals surface area contributed by atoms with Gasteiger partial charge in [-0.15, -0.1) is 0 Å². The Morgan fingerprint density at radius 3 is 2.61 bits per heavy atom. The monoisotopic (exact) mass is 386 g/mol. The standard InChI is InChI=1S/C21H30N4O3/c1-5-28-20(26)18-17(13-25-10-8-24(4)9-11-25)22-21(27)23-19(18)16-12-14(2)6-7-15(16)3/h6-7,12,19H,5,8-11,13H2,1-4H3,(H2,22,23,27). The van der Waals surface area contributed by atoms with Crippen molar-refractivity contribution < 1.29 is 14.3 Å². The van der Waals surface area contributed by atoms with E-state index in [0.717, 1.165) is 42.9 Å². The summed E-state index contributed by atoms with van der Waals surface area (Å²) in [4.78, 5) is 29.9. The van der Waals surface area contributed by atoms with Gasteiger partial charge in [0.25, 0.3) is 0 Å². The van der Waals surface area contributed by atoms with Crippen molar-refractivity contribution in [2.24, 2.45) is 0 Å². The number of piperazine rings is 1. The van der Waals surface area contributed by atoms with Gasteiger partial charge in [0, 0.05) is 38.4 Å². The van der Waals surface area contributed by atoms with E-state index in [1.165, 1.54) is 0 Å². The fraction of sp³-hybridized carbons (Fsp3) is 0.524. The van der Waals surface area contributed by atoms with Crippen LogP contribution in [-0.2, 0) is 9.53 Å². The van der Waals surface area contributed by atoms with E-state index in [9.17, 15) is 9.59 Å². The van der Waals surface area contributed by atoms with Crippen LogP contribution >= 0.6 is 0 Å². The highest BCUT2D eigenvalue weighted by Crippen LogP contribution is 2.31. The summed E-state index contributed by atoms with van der Waals surface area (Å²) in [6, 6.07) is 5.26. The first-order chi connectivity index (χ1) is 13.4. The molecule has 0 radical (unpaired) electrons. The molecule has 28 heavy (non-hydrogen) atoms. The van der Waals surface area contributed by atoms with Crippen molar-refractivity contribution in [1.82, 2.24) is 20.4 Å². The van der Waals surface area contributed by atoms with Crippen LogP contribution in [0.1, 0.15) is 29.7 Å². The largest absolute Gasteiger partial charge is 0.463 e. The van der Waals surface area contributed by atoms with Crippen molar-refractivity contribution in [2.45, 2.75) is 26.8 Å². The smallest absolute Gasteiger partial charge is 0.338 e. The predicted molar refractivity (Wildman–Crippen MR) is 108 cm³/mol. The van der Waals surface area contributed by atoms with Gasteiger partial charge in [-0.1, -0.05) is 23.8 Å². The summed E-state index contributed by atoms with van der Waals surface area (Å²) in [6.07, 6.45) is 0. The molecular weight excluding hydrogens is 356 g/mol. The maximum absolute atomic E-state index is 12.9. The lowest BCUT2D eigenvalue weighted by Gasteiger charge is -2.36. The summed E-state index contributed by atoms with van der Waals surface area (Å²) in [5.74, 6) is -0.384. The molecule has 1 unspecified atom stereocenters. The van der Waals surface area contributed by atoms with Gasteiger partial charge in [-0.2, -0.15) is 0 Å². The second-order valence-electron chi connectivity index (χ2n) is 7.58. The first kappa shape index (κ1) is 20.4. The summed E-state index contributed by atoms with van der Waals surface area (Å²) in [5.41, 5.74) is 4.16. The zero-order chi connectivity index (χ0) is 20.3. The predicted octanol–water partition coefficient (Wildman–Crippen LogP) is 1.72. The van der Waals surface area contributed by atoms with Gasteiger partial charge in [0.15, 0.2) is 0 Å². The molecule has 2 amide bonds. The van der Waals surface area contributed by atoms with Crippen molar-refractivity contribution in [1.29, 1.82) is 0 Å². The highest BCUT2D eigenvalue weighted by atomic mass is 16.5. The van der Waals surface area contributed by atoms with Gasteiger partial charge in [0.2, 0.25) is 0 Å². The summed E-state index contributed by atoms with van der Waals surface area (Å²) < 4.78 is 5.36. The number of benzene rings is 1. The van der Waals surface area contributed by atoms with Gasteiger partial charge in [0.1, 0.15) is 0 Å². The number of hydrogen-bond donors (Lipinski definition) is 2. The average Bonchev–Trinajstić information content (AvgIpc) is 2.65. The van der Waals surface area contributed by atoms with Gasteiger partial charge in [-0.25, -0.2) is 9.59 Å². The minimum Gasteiger partial charge on any atom is -0.463 e. The molecular formula is C21H30N4O3. The van der Waals surface area contributed by atoms with Crippen molar-refractivity contribution in [3.05, 3.63) is 46.2 Å². The van der Waals surface area contributed by atoms with Crippen molar-refractivity contribution >= 4 is 12.0 Å². The third-order valence-corrected chi connectivity index (χ3v) is 5.37. The number of carbonyl (C=O) groups excluding carboxylic acids is 2. The molecule has 2 aliphatic heterocycles. The van der Waals surface area contributed by atoms with Crippen LogP contribution in [0.5, 0.6) is 0 Å². The molecule has 2 heterocycles. The van der Waals surface area contributed by atoms with Gasteiger partial charge in [-0.3, -0.25) is 4.90 Å². The number of nitrogens with zero attached hydrogens (tertiary/aromatic N) is 2. The molecule has 0 spiro atoms. The second-order valence-corrected chi connectivity index (χ2v) is 7.58. The Morgan fingerprint density at radius 2 is 1.93 bits per heavy atom. The van der Waals surface area contributed by atoms with Crippen molar-refractivity contribution in [3.8, 4) is 0 Å². The highest BCUT2D eigenvalue weighted by Gasteiger charge is 2.35. The van der Waals surface area contributed by atoms with Crippen LogP contribution in [0.3, 0.4) is 0 Å². The van der Waals surface area contributed by atoms with E-state index < -0.39 is 6.04 Å². The zero-order valence-electron chi connectivity index (χ0n) is 17.2. The Labute approximate surface area is 166 Å². The first-order valence-electron chi connectivity index (χ1n) is 9.84. The third-order valence-electron chi connectivity index (χ3n) is 5.37. The van der Waals surface area contributed by atoms with Gasteiger partial charge in [-0.05, 0) is 38.9 Å². The lowest BCUT2D eigenvalue weighted by molar-refractivity contribution is -0.139. The van der Waals surface area contributed by atoms with Gasteiger partial charge >= 0.3 is 12.0 Å². The molecule has 0 aliphatic carbocycles. The lowest BCUT2D eigenvalue weighted by Crippen LogP contribution is -2.51. The summed E-state index contributed by atoms with van der Waals surface area (Å²) in [6.45, 7) is 10.3. The first-order valence-corrected chi connectivity index (χ1v) is 9.84. The van der Waals surface area contributed by atoms with Crippen LogP contribution < -0.4 is 10.6 Å². The van der Waals surface area contributed by atoms with E-state index in [4.69, 9.17) is 4.74 Å². The molecule has 7 heteroatoms. The number of carbonyl (C=O) groups is 2. The number of rotatable bonds is 5. The topological polar surface area (TPSA) is 73.9 Å². The summed E-state index contributed by atoms with van der Waals surface area (Å²) in [5, 5.41) is 5.80. The normalized spacial score (nSPS) is 21.3.